The second kappa shape index (κ2) is 5.31. The van der Waals surface area contributed by atoms with Gasteiger partial charge in [-0.05, 0) is 0 Å². The minimum absolute atomic E-state index is 0.189. The Labute approximate surface area is 87.8 Å². The minimum Gasteiger partial charge on any atom is -0.443 e. The Kier molecular flexibility index (Phi) is 4.03. The number of alkyl halides is 1. The molecule has 0 fully saturated rings. The molecule has 0 saturated heterocycles. The lowest BCUT2D eigenvalue weighted by Gasteiger charge is -2.11. The number of halogens is 1. The van der Waals surface area contributed by atoms with Gasteiger partial charge in [-0.3, -0.25) is 4.79 Å². The first kappa shape index (κ1) is 10.6. The lowest BCUT2D eigenvalue weighted by molar-refractivity contribution is -0.143. The summed E-state index contributed by atoms with van der Waals surface area (Å²) in [5, 5.41) is 0. The van der Waals surface area contributed by atoms with Crippen LogP contribution in [0.2, 0.25) is 0 Å². The van der Waals surface area contributed by atoms with Crippen LogP contribution in [0.15, 0.2) is 30.3 Å². The number of carbonyl (C=O) groups is 1. The Morgan fingerprint density at radius 1 is 1.50 bits per heavy atom. The van der Waals surface area contributed by atoms with Crippen LogP contribution in [0, 0.1) is 12.3 Å². The van der Waals surface area contributed by atoms with Crippen LogP contribution < -0.4 is 0 Å². The highest BCUT2D eigenvalue weighted by Gasteiger charge is 2.12. The largest absolute Gasteiger partial charge is 0.443 e. The summed E-state index contributed by atoms with van der Waals surface area (Å²) in [6, 6.07) is 9.11. The average molecular weight is 209 g/mol. The molecule has 14 heavy (non-hydrogen) atoms. The summed E-state index contributed by atoms with van der Waals surface area (Å²) in [7, 11) is 0. The van der Waals surface area contributed by atoms with Gasteiger partial charge in [-0.1, -0.05) is 36.3 Å². The molecule has 1 rings (SSSR count). The number of carbonyl (C=O) groups excluding carboxylic acids is 1. The topological polar surface area (TPSA) is 26.3 Å². The zero-order valence-corrected chi connectivity index (χ0v) is 8.20. The molecule has 0 aliphatic carbocycles. The number of hydrogen-bond donors (Lipinski definition) is 0. The van der Waals surface area contributed by atoms with Gasteiger partial charge in [0.1, 0.15) is 5.88 Å². The molecule has 0 bridgehead atoms. The summed E-state index contributed by atoms with van der Waals surface area (Å²) in [6.07, 6.45) is 4.59. The van der Waals surface area contributed by atoms with E-state index in [4.69, 9.17) is 22.8 Å². The summed E-state index contributed by atoms with van der Waals surface area (Å²) < 4.78 is 4.93. The van der Waals surface area contributed by atoms with Crippen molar-refractivity contribution in [2.75, 3.05) is 5.88 Å². The maximum atomic E-state index is 10.9. The number of esters is 1. The Balaban J connectivity index is 2.74. The van der Waals surface area contributed by atoms with Gasteiger partial charge in [-0.2, -0.15) is 0 Å². The van der Waals surface area contributed by atoms with Crippen LogP contribution in [0.25, 0.3) is 0 Å². The zero-order chi connectivity index (χ0) is 10.4. The molecule has 1 aromatic rings. The molecule has 1 aromatic carbocycles. The highest BCUT2D eigenvalue weighted by atomic mass is 35.5. The first-order valence-corrected chi connectivity index (χ1v) is 4.58. The van der Waals surface area contributed by atoms with Crippen molar-refractivity contribution < 1.29 is 9.53 Å². The standard InChI is InChI=1S/C11H9ClO2/c1-2-10(14-11(13)8-12)9-6-4-3-5-7-9/h1,3-7,10H,8H2. The van der Waals surface area contributed by atoms with E-state index in [1.807, 2.05) is 18.2 Å². The Morgan fingerprint density at radius 3 is 2.64 bits per heavy atom. The molecule has 0 spiro atoms. The maximum Gasteiger partial charge on any atom is 0.322 e. The molecular weight excluding hydrogens is 200 g/mol. The fraction of sp³-hybridized carbons (Fsp3) is 0.182. The molecule has 0 radical (unpaired) electrons. The van der Waals surface area contributed by atoms with E-state index in [1.165, 1.54) is 0 Å². The van der Waals surface area contributed by atoms with E-state index in [0.717, 1.165) is 5.56 Å². The normalized spacial score (nSPS) is 11.4. The van der Waals surface area contributed by atoms with Crippen LogP contribution in [-0.2, 0) is 9.53 Å². The molecule has 0 heterocycles. The van der Waals surface area contributed by atoms with Gasteiger partial charge < -0.3 is 4.74 Å². The predicted molar refractivity (Wildman–Crippen MR) is 54.8 cm³/mol. The molecule has 1 unspecified atom stereocenters. The summed E-state index contributed by atoms with van der Waals surface area (Å²) in [6.45, 7) is 0. The van der Waals surface area contributed by atoms with Crippen LogP contribution in [0.1, 0.15) is 11.7 Å². The molecule has 3 heteroatoms. The van der Waals surface area contributed by atoms with E-state index in [2.05, 4.69) is 5.92 Å². The van der Waals surface area contributed by atoms with Crippen LogP contribution in [-0.4, -0.2) is 11.8 Å². The van der Waals surface area contributed by atoms with Crippen molar-refractivity contribution in [2.24, 2.45) is 0 Å². The lowest BCUT2D eigenvalue weighted by atomic mass is 10.1. The number of rotatable bonds is 3. The van der Waals surface area contributed by atoms with Crippen molar-refractivity contribution in [3.63, 3.8) is 0 Å². The molecular formula is C11H9ClO2. The second-order valence-corrected chi connectivity index (χ2v) is 2.85. The van der Waals surface area contributed by atoms with E-state index >= 15 is 0 Å². The first-order chi connectivity index (χ1) is 6.77. The van der Waals surface area contributed by atoms with Crippen molar-refractivity contribution in [1.29, 1.82) is 0 Å². The fourth-order valence-electron chi connectivity index (χ4n) is 0.989. The lowest BCUT2D eigenvalue weighted by Crippen LogP contribution is -2.10. The second-order valence-electron chi connectivity index (χ2n) is 2.58. The molecule has 2 nitrogen and oxygen atoms in total. The van der Waals surface area contributed by atoms with Crippen molar-refractivity contribution in [1.82, 2.24) is 0 Å². The van der Waals surface area contributed by atoms with Crippen molar-refractivity contribution in [3.8, 4) is 12.3 Å². The van der Waals surface area contributed by atoms with Crippen LogP contribution in [0.5, 0.6) is 0 Å². The van der Waals surface area contributed by atoms with Gasteiger partial charge in [0.25, 0.3) is 0 Å². The third-order valence-electron chi connectivity index (χ3n) is 1.61. The maximum absolute atomic E-state index is 10.9. The summed E-state index contributed by atoms with van der Waals surface area (Å²) in [5.41, 5.74) is 0.772. The molecule has 72 valence electrons. The van der Waals surface area contributed by atoms with Gasteiger partial charge in [0.05, 0.1) is 0 Å². The van der Waals surface area contributed by atoms with Gasteiger partial charge in [0, 0.05) is 5.56 Å². The molecule has 0 aromatic heterocycles. The molecule has 0 amide bonds. The average Bonchev–Trinajstić information content (AvgIpc) is 2.26. The van der Waals surface area contributed by atoms with Crippen LogP contribution in [0.4, 0.5) is 0 Å². The van der Waals surface area contributed by atoms with Crippen molar-refractivity contribution in [3.05, 3.63) is 35.9 Å². The summed E-state index contributed by atoms with van der Waals surface area (Å²) in [5.74, 6) is 1.68. The first-order valence-electron chi connectivity index (χ1n) is 4.04. The molecule has 0 N–H and O–H groups in total. The quantitative estimate of drug-likeness (QED) is 0.432. The summed E-state index contributed by atoms with van der Waals surface area (Å²) in [4.78, 5) is 10.9. The molecule has 0 aliphatic rings. The number of benzene rings is 1. The van der Waals surface area contributed by atoms with Crippen molar-refractivity contribution >= 4 is 17.6 Å². The minimum atomic E-state index is -0.651. The molecule has 0 saturated carbocycles. The van der Waals surface area contributed by atoms with Gasteiger partial charge in [-0.25, -0.2) is 0 Å². The third-order valence-corrected chi connectivity index (χ3v) is 1.83. The summed E-state index contributed by atoms with van der Waals surface area (Å²) >= 11 is 5.30. The van der Waals surface area contributed by atoms with Gasteiger partial charge in [0.15, 0.2) is 6.10 Å². The van der Waals surface area contributed by atoms with Crippen LogP contribution >= 0.6 is 11.6 Å². The zero-order valence-electron chi connectivity index (χ0n) is 7.44. The van der Waals surface area contributed by atoms with E-state index < -0.39 is 12.1 Å². The van der Waals surface area contributed by atoms with Gasteiger partial charge >= 0.3 is 5.97 Å². The SMILES string of the molecule is C#CC(OC(=O)CCl)c1ccccc1. The van der Waals surface area contributed by atoms with Gasteiger partial charge in [0.2, 0.25) is 0 Å². The smallest absolute Gasteiger partial charge is 0.322 e. The van der Waals surface area contributed by atoms with E-state index in [-0.39, 0.29) is 5.88 Å². The molecule has 0 aliphatic heterocycles. The number of hydrogen-bond acceptors (Lipinski definition) is 2. The molecule has 1 atom stereocenters. The van der Waals surface area contributed by atoms with Crippen molar-refractivity contribution in [2.45, 2.75) is 6.10 Å². The van der Waals surface area contributed by atoms with E-state index in [9.17, 15) is 4.79 Å². The number of ether oxygens (including phenoxy) is 1. The Hall–Kier alpha value is -1.46. The van der Waals surface area contributed by atoms with Gasteiger partial charge in [-0.15, -0.1) is 18.0 Å². The van der Waals surface area contributed by atoms with E-state index in [1.54, 1.807) is 12.1 Å². The van der Waals surface area contributed by atoms with E-state index in [0.29, 0.717) is 0 Å². The highest BCUT2D eigenvalue weighted by molar-refractivity contribution is 6.26. The third kappa shape index (κ3) is 2.79. The monoisotopic (exact) mass is 208 g/mol. The fourth-order valence-corrected chi connectivity index (χ4v) is 1.05. The highest BCUT2D eigenvalue weighted by Crippen LogP contribution is 2.15. The Morgan fingerprint density at radius 2 is 2.14 bits per heavy atom. The van der Waals surface area contributed by atoms with Crippen LogP contribution in [0.3, 0.4) is 0 Å². The predicted octanol–water partition coefficient (Wildman–Crippen LogP) is 2.14. The Bertz CT molecular complexity index is 340. The number of terminal acetylenes is 1.